The molecule has 2 aromatic rings. The van der Waals surface area contributed by atoms with Gasteiger partial charge in [0.15, 0.2) is 0 Å². The monoisotopic (exact) mass is 321 g/mol. The lowest BCUT2D eigenvalue weighted by atomic mass is 10.0. The minimum absolute atomic E-state index is 0.0178. The molecule has 0 aliphatic rings. The summed E-state index contributed by atoms with van der Waals surface area (Å²) < 4.78 is 14.9. The predicted octanol–water partition coefficient (Wildman–Crippen LogP) is 5.46. The second-order valence-electron chi connectivity index (χ2n) is 4.59. The normalized spacial score (nSPS) is 12.2. The maximum Gasteiger partial charge on any atom is 0.128 e. The smallest absolute Gasteiger partial charge is 0.128 e. The van der Waals surface area contributed by atoms with Crippen LogP contribution in [0.1, 0.15) is 30.5 Å². The summed E-state index contributed by atoms with van der Waals surface area (Å²) in [5.74, 6) is -0.159. The number of rotatable bonds is 4. The van der Waals surface area contributed by atoms with Gasteiger partial charge >= 0.3 is 0 Å². The zero-order valence-corrected chi connectivity index (χ0v) is 12.7. The first kappa shape index (κ1) is 14.1. The second-order valence-corrected chi connectivity index (χ2v) is 5.44. The number of benzene rings is 2. The van der Waals surface area contributed by atoms with E-state index < -0.39 is 0 Å². The number of halogens is 2. The Kier molecular flexibility index (Phi) is 4.59. The average Bonchev–Trinajstić information content (AvgIpc) is 2.41. The number of aryl methyl sites for hydroxylation is 1. The Hall–Kier alpha value is -1.35. The molecule has 0 amide bonds. The maximum absolute atomic E-state index is 13.8. The minimum atomic E-state index is -0.159. The number of nitrogens with one attached hydrogen (secondary N) is 1. The van der Waals surface area contributed by atoms with Gasteiger partial charge in [0.1, 0.15) is 5.82 Å². The lowest BCUT2D eigenvalue weighted by molar-refractivity contribution is 0.587. The summed E-state index contributed by atoms with van der Waals surface area (Å²) in [5, 5.41) is 3.38. The van der Waals surface area contributed by atoms with Gasteiger partial charge in [0.2, 0.25) is 0 Å². The zero-order chi connectivity index (χ0) is 13.8. The molecule has 2 aromatic carbocycles. The highest BCUT2D eigenvalue weighted by Gasteiger charge is 2.13. The summed E-state index contributed by atoms with van der Waals surface area (Å²) in [4.78, 5) is 0. The Balaban J connectivity index is 2.24. The molecule has 2 rings (SSSR count). The van der Waals surface area contributed by atoms with Crippen LogP contribution in [0.3, 0.4) is 0 Å². The molecule has 0 saturated heterocycles. The van der Waals surface area contributed by atoms with Crippen molar-refractivity contribution >= 4 is 21.6 Å². The standard InChI is InChI=1S/C16H17BrFN/c1-3-16(13-6-4-5-7-15(13)18)19-12-9-8-11(2)14(17)10-12/h4-10,16,19H,3H2,1-2H3. The topological polar surface area (TPSA) is 12.0 Å². The average molecular weight is 322 g/mol. The second kappa shape index (κ2) is 6.20. The van der Waals surface area contributed by atoms with E-state index in [1.54, 1.807) is 6.07 Å². The van der Waals surface area contributed by atoms with Gasteiger partial charge in [-0.2, -0.15) is 0 Å². The molecule has 0 bridgehead atoms. The summed E-state index contributed by atoms with van der Waals surface area (Å²) in [6.07, 6.45) is 0.826. The van der Waals surface area contributed by atoms with E-state index in [1.165, 1.54) is 11.6 Å². The van der Waals surface area contributed by atoms with Crippen LogP contribution in [-0.2, 0) is 0 Å². The van der Waals surface area contributed by atoms with Crippen molar-refractivity contribution in [3.8, 4) is 0 Å². The Labute approximate surface area is 122 Å². The van der Waals surface area contributed by atoms with Gasteiger partial charge in [0.05, 0.1) is 6.04 Å². The molecule has 0 aliphatic carbocycles. The van der Waals surface area contributed by atoms with E-state index in [2.05, 4.69) is 21.2 Å². The van der Waals surface area contributed by atoms with Gasteiger partial charge in [-0.3, -0.25) is 0 Å². The van der Waals surface area contributed by atoms with Gasteiger partial charge in [-0.05, 0) is 37.1 Å². The van der Waals surface area contributed by atoms with Crippen molar-refractivity contribution in [3.63, 3.8) is 0 Å². The third-order valence-electron chi connectivity index (χ3n) is 3.20. The van der Waals surface area contributed by atoms with Crippen molar-refractivity contribution in [2.24, 2.45) is 0 Å². The molecule has 1 unspecified atom stereocenters. The fourth-order valence-electron chi connectivity index (χ4n) is 2.04. The lowest BCUT2D eigenvalue weighted by Crippen LogP contribution is -2.11. The zero-order valence-electron chi connectivity index (χ0n) is 11.1. The van der Waals surface area contributed by atoms with Crippen LogP contribution in [0.5, 0.6) is 0 Å². The molecule has 0 fully saturated rings. The maximum atomic E-state index is 13.8. The van der Waals surface area contributed by atoms with E-state index in [0.29, 0.717) is 5.56 Å². The van der Waals surface area contributed by atoms with Crippen LogP contribution in [0.4, 0.5) is 10.1 Å². The summed E-state index contributed by atoms with van der Waals surface area (Å²) in [6.45, 7) is 4.09. The van der Waals surface area contributed by atoms with E-state index in [1.807, 2.05) is 44.2 Å². The van der Waals surface area contributed by atoms with Crippen LogP contribution in [-0.4, -0.2) is 0 Å². The van der Waals surface area contributed by atoms with Gasteiger partial charge in [0, 0.05) is 15.7 Å². The quantitative estimate of drug-likeness (QED) is 0.788. The van der Waals surface area contributed by atoms with Crippen LogP contribution in [0, 0.1) is 12.7 Å². The van der Waals surface area contributed by atoms with Crippen molar-refractivity contribution in [3.05, 3.63) is 63.9 Å². The van der Waals surface area contributed by atoms with Gasteiger partial charge in [-0.15, -0.1) is 0 Å². The molecule has 0 saturated carbocycles. The highest BCUT2D eigenvalue weighted by molar-refractivity contribution is 9.10. The summed E-state index contributed by atoms with van der Waals surface area (Å²) in [6, 6.07) is 13.0. The molecule has 1 atom stereocenters. The van der Waals surface area contributed by atoms with E-state index in [9.17, 15) is 4.39 Å². The molecule has 0 aliphatic heterocycles. The van der Waals surface area contributed by atoms with Crippen LogP contribution in [0.15, 0.2) is 46.9 Å². The van der Waals surface area contributed by atoms with Gasteiger partial charge in [0.25, 0.3) is 0 Å². The molecular weight excluding hydrogens is 305 g/mol. The predicted molar refractivity (Wildman–Crippen MR) is 81.9 cm³/mol. The first-order valence-electron chi connectivity index (χ1n) is 6.39. The highest BCUT2D eigenvalue weighted by Crippen LogP contribution is 2.27. The van der Waals surface area contributed by atoms with Crippen molar-refractivity contribution in [2.75, 3.05) is 5.32 Å². The summed E-state index contributed by atoms with van der Waals surface area (Å²) >= 11 is 3.51. The molecule has 3 heteroatoms. The van der Waals surface area contributed by atoms with Gasteiger partial charge < -0.3 is 5.32 Å². The van der Waals surface area contributed by atoms with Crippen molar-refractivity contribution in [1.29, 1.82) is 0 Å². The third kappa shape index (κ3) is 3.35. The first-order chi connectivity index (χ1) is 9.11. The largest absolute Gasteiger partial charge is 0.378 e. The molecule has 0 aromatic heterocycles. The van der Waals surface area contributed by atoms with Gasteiger partial charge in [-0.1, -0.05) is 47.1 Å². The van der Waals surface area contributed by atoms with Crippen LogP contribution in [0.25, 0.3) is 0 Å². The molecular formula is C16H17BrFN. The fraction of sp³-hybridized carbons (Fsp3) is 0.250. The Morgan fingerprint density at radius 2 is 1.95 bits per heavy atom. The molecule has 1 N–H and O–H groups in total. The van der Waals surface area contributed by atoms with Crippen molar-refractivity contribution < 1.29 is 4.39 Å². The minimum Gasteiger partial charge on any atom is -0.378 e. The molecule has 1 nitrogen and oxygen atoms in total. The Bertz CT molecular complexity index is 568. The van der Waals surface area contributed by atoms with Crippen LogP contribution >= 0.6 is 15.9 Å². The summed E-state index contributed by atoms with van der Waals surface area (Å²) in [7, 11) is 0. The summed E-state index contributed by atoms with van der Waals surface area (Å²) in [5.41, 5.74) is 2.89. The van der Waals surface area contributed by atoms with Crippen LogP contribution in [0.2, 0.25) is 0 Å². The third-order valence-corrected chi connectivity index (χ3v) is 4.06. The van der Waals surface area contributed by atoms with E-state index in [-0.39, 0.29) is 11.9 Å². The lowest BCUT2D eigenvalue weighted by Gasteiger charge is -2.19. The Morgan fingerprint density at radius 3 is 2.58 bits per heavy atom. The molecule has 0 heterocycles. The highest BCUT2D eigenvalue weighted by atomic mass is 79.9. The van der Waals surface area contributed by atoms with Crippen molar-refractivity contribution in [2.45, 2.75) is 26.3 Å². The number of hydrogen-bond acceptors (Lipinski definition) is 1. The number of anilines is 1. The van der Waals surface area contributed by atoms with Crippen LogP contribution < -0.4 is 5.32 Å². The molecule has 0 radical (unpaired) electrons. The molecule has 100 valence electrons. The first-order valence-corrected chi connectivity index (χ1v) is 7.18. The SMILES string of the molecule is CCC(Nc1ccc(C)c(Br)c1)c1ccccc1F. The molecule has 19 heavy (non-hydrogen) atoms. The number of hydrogen-bond donors (Lipinski definition) is 1. The van der Waals surface area contributed by atoms with Crippen molar-refractivity contribution in [1.82, 2.24) is 0 Å². The Morgan fingerprint density at radius 1 is 1.21 bits per heavy atom. The molecule has 0 spiro atoms. The van der Waals surface area contributed by atoms with E-state index in [0.717, 1.165) is 16.6 Å². The van der Waals surface area contributed by atoms with E-state index in [4.69, 9.17) is 0 Å². The fourth-order valence-corrected chi connectivity index (χ4v) is 2.42. The van der Waals surface area contributed by atoms with E-state index >= 15 is 0 Å². The van der Waals surface area contributed by atoms with Gasteiger partial charge in [-0.25, -0.2) is 4.39 Å².